The number of rotatable bonds is 4. The Morgan fingerprint density at radius 2 is 1.74 bits per heavy atom. The molecule has 0 aromatic heterocycles. The molecule has 1 aliphatic heterocycles. The van der Waals surface area contributed by atoms with Crippen LogP contribution in [0.2, 0.25) is 0 Å². The van der Waals surface area contributed by atoms with E-state index in [1.54, 1.807) is 12.1 Å². The summed E-state index contributed by atoms with van der Waals surface area (Å²) in [5.41, 5.74) is 1.01. The van der Waals surface area contributed by atoms with Gasteiger partial charge in [0, 0.05) is 32.7 Å². The third-order valence-corrected chi connectivity index (χ3v) is 3.02. The van der Waals surface area contributed by atoms with Crippen molar-refractivity contribution in [3.05, 3.63) is 29.8 Å². The number of hydrogen-bond donors (Lipinski definition) is 0. The average molecular weight is 273 g/mol. The summed E-state index contributed by atoms with van der Waals surface area (Å²) in [5, 5.41) is 4.26. The fraction of sp³-hybridized carbons (Fsp3) is 0.538. The molecule has 0 atom stereocenters. The SMILES string of the molecule is FC(F)(F)Oc1ccc(CCN2CC[N]CC2)cc1. The summed E-state index contributed by atoms with van der Waals surface area (Å²) in [7, 11) is 0. The fourth-order valence-electron chi connectivity index (χ4n) is 2.02. The van der Waals surface area contributed by atoms with E-state index in [0.29, 0.717) is 0 Å². The van der Waals surface area contributed by atoms with Crippen LogP contribution in [0.5, 0.6) is 5.75 Å². The van der Waals surface area contributed by atoms with E-state index in [4.69, 9.17) is 0 Å². The number of alkyl halides is 3. The van der Waals surface area contributed by atoms with Gasteiger partial charge in [0.25, 0.3) is 0 Å². The fourth-order valence-corrected chi connectivity index (χ4v) is 2.02. The standard InChI is InChI=1S/C13H16F3N2O/c14-13(15,16)19-12-3-1-11(2-4-12)5-8-18-9-6-17-7-10-18/h1-4H,5-10H2. The molecule has 0 bridgehead atoms. The molecule has 1 heterocycles. The molecule has 0 spiro atoms. The maximum Gasteiger partial charge on any atom is 0.573 e. The van der Waals surface area contributed by atoms with E-state index < -0.39 is 6.36 Å². The second-order valence-electron chi connectivity index (χ2n) is 4.45. The molecular formula is C13H16F3N2O. The summed E-state index contributed by atoms with van der Waals surface area (Å²) in [4.78, 5) is 2.31. The molecule has 2 rings (SSSR count). The van der Waals surface area contributed by atoms with Crippen LogP contribution in [-0.2, 0) is 6.42 Å². The summed E-state index contributed by atoms with van der Waals surface area (Å²) in [5.74, 6) is -0.173. The Labute approximate surface area is 110 Å². The molecule has 0 N–H and O–H groups in total. The van der Waals surface area contributed by atoms with Crippen LogP contribution < -0.4 is 10.1 Å². The van der Waals surface area contributed by atoms with Crippen LogP contribution in [0.3, 0.4) is 0 Å². The van der Waals surface area contributed by atoms with Gasteiger partial charge in [0.2, 0.25) is 0 Å². The predicted molar refractivity (Wildman–Crippen MR) is 65.1 cm³/mol. The lowest BCUT2D eigenvalue weighted by Crippen LogP contribution is -2.41. The van der Waals surface area contributed by atoms with Gasteiger partial charge < -0.3 is 9.64 Å². The quantitative estimate of drug-likeness (QED) is 0.839. The lowest BCUT2D eigenvalue weighted by Gasteiger charge is -2.26. The molecule has 1 aromatic carbocycles. The number of halogens is 3. The van der Waals surface area contributed by atoms with Crippen LogP contribution in [0.4, 0.5) is 13.2 Å². The summed E-state index contributed by atoms with van der Waals surface area (Å²) in [6.07, 6.45) is -3.80. The van der Waals surface area contributed by atoms with Crippen LogP contribution in [0.1, 0.15) is 5.56 Å². The second kappa shape index (κ2) is 6.25. The molecule has 1 saturated heterocycles. The smallest absolute Gasteiger partial charge is 0.406 e. The van der Waals surface area contributed by atoms with Gasteiger partial charge in [-0.05, 0) is 24.1 Å². The minimum absolute atomic E-state index is 0.173. The third-order valence-electron chi connectivity index (χ3n) is 3.02. The zero-order valence-corrected chi connectivity index (χ0v) is 10.5. The maximum atomic E-state index is 12.0. The normalized spacial score (nSPS) is 17.4. The first kappa shape index (κ1) is 14.1. The number of ether oxygens (including phenoxy) is 1. The molecule has 0 saturated carbocycles. The van der Waals surface area contributed by atoms with Gasteiger partial charge in [-0.2, -0.15) is 0 Å². The minimum atomic E-state index is -4.63. The van der Waals surface area contributed by atoms with Crippen molar-refractivity contribution in [1.29, 1.82) is 0 Å². The van der Waals surface area contributed by atoms with Crippen LogP contribution >= 0.6 is 0 Å². The number of piperazine rings is 1. The highest BCUT2D eigenvalue weighted by Gasteiger charge is 2.30. The third kappa shape index (κ3) is 5.08. The Kier molecular flexibility index (Phi) is 4.66. The molecule has 0 amide bonds. The van der Waals surface area contributed by atoms with Crippen molar-refractivity contribution in [2.24, 2.45) is 0 Å². The van der Waals surface area contributed by atoms with Crippen LogP contribution in [0.25, 0.3) is 0 Å². The minimum Gasteiger partial charge on any atom is -0.406 e. The summed E-state index contributed by atoms with van der Waals surface area (Å²) >= 11 is 0. The van der Waals surface area contributed by atoms with Crippen molar-refractivity contribution in [3.63, 3.8) is 0 Å². The maximum absolute atomic E-state index is 12.0. The number of hydrogen-bond acceptors (Lipinski definition) is 2. The van der Waals surface area contributed by atoms with Gasteiger partial charge in [0.05, 0.1) is 0 Å². The number of benzene rings is 1. The van der Waals surface area contributed by atoms with Crippen molar-refractivity contribution in [1.82, 2.24) is 10.2 Å². The average Bonchev–Trinajstić information content (AvgIpc) is 2.37. The zero-order valence-electron chi connectivity index (χ0n) is 10.5. The molecule has 3 nitrogen and oxygen atoms in total. The van der Waals surface area contributed by atoms with Gasteiger partial charge in [-0.3, -0.25) is 0 Å². The molecule has 105 valence electrons. The predicted octanol–water partition coefficient (Wildman–Crippen LogP) is 2.05. The van der Waals surface area contributed by atoms with Crippen molar-refractivity contribution < 1.29 is 17.9 Å². The van der Waals surface area contributed by atoms with Gasteiger partial charge in [-0.15, -0.1) is 13.2 Å². The largest absolute Gasteiger partial charge is 0.573 e. The molecule has 19 heavy (non-hydrogen) atoms. The highest BCUT2D eigenvalue weighted by Crippen LogP contribution is 2.22. The zero-order chi connectivity index (χ0) is 13.7. The van der Waals surface area contributed by atoms with Gasteiger partial charge in [0.1, 0.15) is 5.75 Å². The van der Waals surface area contributed by atoms with E-state index in [9.17, 15) is 13.2 Å². The lowest BCUT2D eigenvalue weighted by atomic mass is 10.1. The van der Waals surface area contributed by atoms with Gasteiger partial charge in [0.15, 0.2) is 0 Å². The van der Waals surface area contributed by atoms with Crippen LogP contribution in [-0.4, -0.2) is 44.0 Å². The lowest BCUT2D eigenvalue weighted by molar-refractivity contribution is -0.274. The van der Waals surface area contributed by atoms with Gasteiger partial charge in [-0.25, -0.2) is 5.32 Å². The summed E-state index contributed by atoms with van der Waals surface area (Å²) in [6.45, 7) is 4.59. The van der Waals surface area contributed by atoms with Crippen molar-refractivity contribution >= 4 is 0 Å². The first-order chi connectivity index (χ1) is 9.03. The van der Waals surface area contributed by atoms with E-state index >= 15 is 0 Å². The molecule has 6 heteroatoms. The Bertz CT molecular complexity index is 386. The van der Waals surface area contributed by atoms with E-state index in [1.165, 1.54) is 12.1 Å². The monoisotopic (exact) mass is 273 g/mol. The van der Waals surface area contributed by atoms with Gasteiger partial charge in [-0.1, -0.05) is 12.1 Å². The highest BCUT2D eigenvalue weighted by molar-refractivity contribution is 5.27. The molecular weight excluding hydrogens is 257 g/mol. The Hall–Kier alpha value is -1.27. The molecule has 0 aliphatic carbocycles. The summed E-state index contributed by atoms with van der Waals surface area (Å²) < 4.78 is 39.8. The van der Waals surface area contributed by atoms with Crippen molar-refractivity contribution in [3.8, 4) is 5.75 Å². The molecule has 0 unspecified atom stereocenters. The Morgan fingerprint density at radius 1 is 1.11 bits per heavy atom. The molecule has 1 aromatic rings. The van der Waals surface area contributed by atoms with E-state index in [-0.39, 0.29) is 5.75 Å². The van der Waals surface area contributed by atoms with Crippen molar-refractivity contribution in [2.45, 2.75) is 12.8 Å². The topological polar surface area (TPSA) is 26.6 Å². The molecule has 1 aliphatic rings. The van der Waals surface area contributed by atoms with Crippen LogP contribution in [0.15, 0.2) is 24.3 Å². The van der Waals surface area contributed by atoms with Crippen molar-refractivity contribution in [2.75, 3.05) is 32.7 Å². The first-order valence-electron chi connectivity index (χ1n) is 6.23. The van der Waals surface area contributed by atoms with Gasteiger partial charge >= 0.3 is 6.36 Å². The number of nitrogens with zero attached hydrogens (tertiary/aromatic N) is 2. The van der Waals surface area contributed by atoms with Crippen LogP contribution in [0, 0.1) is 0 Å². The second-order valence-corrected chi connectivity index (χ2v) is 4.45. The van der Waals surface area contributed by atoms with E-state index in [0.717, 1.165) is 44.7 Å². The molecule has 1 radical (unpaired) electrons. The Morgan fingerprint density at radius 3 is 2.32 bits per heavy atom. The Balaban J connectivity index is 1.81. The summed E-state index contributed by atoms with van der Waals surface area (Å²) in [6, 6.07) is 6.06. The molecule has 1 fully saturated rings. The van der Waals surface area contributed by atoms with E-state index in [1.807, 2.05) is 0 Å². The van der Waals surface area contributed by atoms with E-state index in [2.05, 4.69) is 15.0 Å². The first-order valence-corrected chi connectivity index (χ1v) is 6.23. The highest BCUT2D eigenvalue weighted by atomic mass is 19.4.